The van der Waals surface area contributed by atoms with Gasteiger partial charge in [-0.1, -0.05) is 24.3 Å². The summed E-state index contributed by atoms with van der Waals surface area (Å²) in [4.78, 5) is 13.9. The van der Waals surface area contributed by atoms with Crippen LogP contribution in [0.3, 0.4) is 0 Å². The molecule has 90 valence electrons. The molecule has 0 radical (unpaired) electrons. The highest BCUT2D eigenvalue weighted by molar-refractivity contribution is 7.72. The zero-order valence-electron chi connectivity index (χ0n) is 9.24. The maximum absolute atomic E-state index is 10.8. The Balaban J connectivity index is 2.33. The van der Waals surface area contributed by atoms with Gasteiger partial charge in [0.2, 0.25) is 6.08 Å². The summed E-state index contributed by atoms with van der Waals surface area (Å²) in [6, 6.07) is 13.6. The average molecular weight is 259 g/mol. The third-order valence-electron chi connectivity index (χ3n) is 2.45. The fourth-order valence-electron chi connectivity index (χ4n) is 1.56. The van der Waals surface area contributed by atoms with Crippen LogP contribution in [0.15, 0.2) is 58.4 Å². The van der Waals surface area contributed by atoms with Crippen LogP contribution in [0.25, 0.3) is 11.1 Å². The van der Waals surface area contributed by atoms with E-state index in [4.69, 9.17) is 0 Å². The average Bonchev–Trinajstić information content (AvgIpc) is 2.40. The largest absolute Gasteiger partial charge is 0.240 e. The van der Waals surface area contributed by atoms with E-state index >= 15 is 0 Å². The van der Waals surface area contributed by atoms with Crippen molar-refractivity contribution in [1.29, 1.82) is 0 Å². The number of hydrogen-bond donors (Lipinski definition) is 1. The van der Waals surface area contributed by atoms with Crippen molar-refractivity contribution in [3.05, 3.63) is 48.5 Å². The van der Waals surface area contributed by atoms with Crippen molar-refractivity contribution in [2.75, 3.05) is 0 Å². The second kappa shape index (κ2) is 5.40. The fourth-order valence-corrected chi connectivity index (χ4v) is 1.95. The van der Waals surface area contributed by atoms with Crippen molar-refractivity contribution < 1.29 is 13.2 Å². The SMILES string of the molecule is O=C=Nc1ccc(-c2ccc([SH](=O)=O)cc2)cc1. The Morgan fingerprint density at radius 3 is 1.78 bits per heavy atom. The Bertz CT molecular complexity index is 658. The summed E-state index contributed by atoms with van der Waals surface area (Å²) >= 11 is 0. The summed E-state index contributed by atoms with van der Waals surface area (Å²) in [6.45, 7) is 0. The van der Waals surface area contributed by atoms with Crippen LogP contribution in [-0.4, -0.2) is 14.5 Å². The molecule has 0 N–H and O–H groups in total. The second-order valence-electron chi connectivity index (χ2n) is 3.55. The quantitative estimate of drug-likeness (QED) is 0.522. The number of carbonyl (C=O) groups excluding carboxylic acids is 1. The summed E-state index contributed by atoms with van der Waals surface area (Å²) in [5.74, 6) is 0. The normalized spacial score (nSPS) is 10.1. The van der Waals surface area contributed by atoms with Gasteiger partial charge in [0.1, 0.15) is 0 Å². The number of nitrogens with zero attached hydrogens (tertiary/aromatic N) is 1. The third kappa shape index (κ3) is 2.71. The number of thiol groups is 1. The monoisotopic (exact) mass is 259 g/mol. The Kier molecular flexibility index (Phi) is 3.67. The summed E-state index contributed by atoms with van der Waals surface area (Å²) < 4.78 is 21.5. The molecule has 5 heteroatoms. The minimum absolute atomic E-state index is 0.288. The molecule has 0 heterocycles. The van der Waals surface area contributed by atoms with Gasteiger partial charge in [-0.3, -0.25) is 0 Å². The lowest BCUT2D eigenvalue weighted by Gasteiger charge is -2.01. The van der Waals surface area contributed by atoms with Gasteiger partial charge in [0.05, 0.1) is 10.6 Å². The van der Waals surface area contributed by atoms with Gasteiger partial charge in [0, 0.05) is 0 Å². The molecule has 18 heavy (non-hydrogen) atoms. The van der Waals surface area contributed by atoms with Gasteiger partial charge in [-0.25, -0.2) is 13.2 Å². The topological polar surface area (TPSA) is 63.6 Å². The fraction of sp³-hybridized carbons (Fsp3) is 0. The Morgan fingerprint density at radius 2 is 1.33 bits per heavy atom. The maximum Gasteiger partial charge on any atom is 0.240 e. The summed E-state index contributed by atoms with van der Waals surface area (Å²) in [5, 5.41) is 0. The third-order valence-corrected chi connectivity index (χ3v) is 3.17. The Hall–Kier alpha value is -2.23. The van der Waals surface area contributed by atoms with Gasteiger partial charge in [0.25, 0.3) is 0 Å². The number of isocyanates is 1. The van der Waals surface area contributed by atoms with E-state index in [0.29, 0.717) is 5.69 Å². The number of benzene rings is 2. The molecule has 0 saturated heterocycles. The van der Waals surface area contributed by atoms with E-state index < -0.39 is 10.7 Å². The first-order chi connectivity index (χ1) is 8.70. The van der Waals surface area contributed by atoms with Gasteiger partial charge >= 0.3 is 0 Å². The molecule has 0 atom stereocenters. The van der Waals surface area contributed by atoms with Crippen molar-refractivity contribution in [3.8, 4) is 11.1 Å². The highest BCUT2D eigenvalue weighted by Gasteiger charge is 1.99. The van der Waals surface area contributed by atoms with Crippen LogP contribution >= 0.6 is 0 Å². The molecule has 4 nitrogen and oxygen atoms in total. The van der Waals surface area contributed by atoms with Crippen molar-refractivity contribution in [2.45, 2.75) is 4.90 Å². The van der Waals surface area contributed by atoms with Gasteiger partial charge in [0.15, 0.2) is 10.7 Å². The van der Waals surface area contributed by atoms with E-state index in [0.717, 1.165) is 11.1 Å². The molecule has 2 aromatic carbocycles. The zero-order chi connectivity index (χ0) is 13.0. The molecule has 0 unspecified atom stereocenters. The zero-order valence-corrected chi connectivity index (χ0v) is 10.1. The van der Waals surface area contributed by atoms with E-state index in [-0.39, 0.29) is 4.90 Å². The molecule has 0 aliphatic heterocycles. The first-order valence-corrected chi connectivity index (χ1v) is 6.31. The summed E-state index contributed by atoms with van der Waals surface area (Å²) in [7, 11) is -2.54. The van der Waals surface area contributed by atoms with Crippen LogP contribution in [0.2, 0.25) is 0 Å². The smallest absolute Gasteiger partial charge is 0.227 e. The van der Waals surface area contributed by atoms with E-state index in [9.17, 15) is 13.2 Å². The van der Waals surface area contributed by atoms with E-state index in [1.54, 1.807) is 36.4 Å². The van der Waals surface area contributed by atoms with Gasteiger partial charge < -0.3 is 0 Å². The summed E-state index contributed by atoms with van der Waals surface area (Å²) in [5.41, 5.74) is 2.36. The van der Waals surface area contributed by atoms with Crippen LogP contribution < -0.4 is 0 Å². The van der Waals surface area contributed by atoms with Gasteiger partial charge in [-0.15, -0.1) is 0 Å². The highest BCUT2D eigenvalue weighted by atomic mass is 32.2. The van der Waals surface area contributed by atoms with Crippen molar-refractivity contribution in [2.24, 2.45) is 4.99 Å². The number of hydrogen-bond acceptors (Lipinski definition) is 4. The molecule has 0 fully saturated rings. The maximum atomic E-state index is 10.8. The standard InChI is InChI=1S/C13H9NO3S/c15-9-14-12-5-1-10(2-6-12)11-3-7-13(8-4-11)18(16)17/h1-8,18H. The van der Waals surface area contributed by atoms with Crippen molar-refractivity contribution >= 4 is 22.5 Å². The van der Waals surface area contributed by atoms with Crippen molar-refractivity contribution in [1.82, 2.24) is 0 Å². The highest BCUT2D eigenvalue weighted by Crippen LogP contribution is 2.23. The molecule has 0 bridgehead atoms. The number of rotatable bonds is 3. The Morgan fingerprint density at radius 1 is 0.833 bits per heavy atom. The first-order valence-electron chi connectivity index (χ1n) is 5.13. The molecule has 0 aromatic heterocycles. The predicted molar refractivity (Wildman–Crippen MR) is 68.2 cm³/mol. The Labute approximate surface area is 106 Å². The summed E-state index contributed by atoms with van der Waals surface area (Å²) in [6.07, 6.45) is 1.47. The molecular weight excluding hydrogens is 250 g/mol. The van der Waals surface area contributed by atoms with E-state index in [1.807, 2.05) is 12.1 Å². The van der Waals surface area contributed by atoms with Gasteiger partial charge in [-0.2, -0.15) is 4.99 Å². The lowest BCUT2D eigenvalue weighted by Crippen LogP contribution is -1.81. The lowest BCUT2D eigenvalue weighted by atomic mass is 10.1. The molecule has 2 rings (SSSR count). The van der Waals surface area contributed by atoms with Crippen LogP contribution in [0.5, 0.6) is 0 Å². The van der Waals surface area contributed by atoms with Crippen LogP contribution in [-0.2, 0) is 15.5 Å². The van der Waals surface area contributed by atoms with Crippen LogP contribution in [0.4, 0.5) is 5.69 Å². The van der Waals surface area contributed by atoms with E-state index in [2.05, 4.69) is 4.99 Å². The first kappa shape index (κ1) is 12.2. The number of aliphatic imine (C=N–C) groups is 1. The molecular formula is C13H9NO3S. The minimum atomic E-state index is -2.54. The molecule has 2 aromatic rings. The second-order valence-corrected chi connectivity index (χ2v) is 4.58. The van der Waals surface area contributed by atoms with Crippen LogP contribution in [0, 0.1) is 0 Å². The van der Waals surface area contributed by atoms with Crippen LogP contribution in [0.1, 0.15) is 0 Å². The van der Waals surface area contributed by atoms with Gasteiger partial charge in [-0.05, 0) is 35.4 Å². The minimum Gasteiger partial charge on any atom is -0.227 e. The van der Waals surface area contributed by atoms with Crippen molar-refractivity contribution in [3.63, 3.8) is 0 Å². The van der Waals surface area contributed by atoms with E-state index in [1.165, 1.54) is 6.08 Å². The molecule has 0 amide bonds. The molecule has 0 spiro atoms. The lowest BCUT2D eigenvalue weighted by molar-refractivity contribution is 0.565. The molecule has 0 saturated carbocycles. The predicted octanol–water partition coefficient (Wildman–Crippen LogP) is 2.29. The molecule has 0 aliphatic rings. The molecule has 0 aliphatic carbocycles.